The van der Waals surface area contributed by atoms with Gasteiger partial charge in [0.1, 0.15) is 5.82 Å². The average Bonchev–Trinajstić information content (AvgIpc) is 3.08. The maximum atomic E-state index is 14.0. The van der Waals surface area contributed by atoms with Gasteiger partial charge < -0.3 is 10.6 Å². The van der Waals surface area contributed by atoms with Gasteiger partial charge in [-0.3, -0.25) is 0 Å². The molecule has 10 heteroatoms. The average molecular weight is 358 g/mol. The third-order valence-electron chi connectivity index (χ3n) is 3.45. The summed E-state index contributed by atoms with van der Waals surface area (Å²) in [4.78, 5) is 8.25. The van der Waals surface area contributed by atoms with Gasteiger partial charge in [-0.2, -0.15) is 0 Å². The molecule has 0 aliphatic heterocycles. The van der Waals surface area contributed by atoms with Crippen LogP contribution in [0, 0.1) is 17.5 Å². The molecule has 0 unspecified atom stereocenters. The van der Waals surface area contributed by atoms with E-state index in [-0.39, 0.29) is 34.3 Å². The quantitative estimate of drug-likeness (QED) is 0.572. The van der Waals surface area contributed by atoms with Crippen molar-refractivity contribution in [1.82, 2.24) is 20.3 Å². The Morgan fingerprint density at radius 1 is 0.692 bits per heavy atom. The van der Waals surface area contributed by atoms with Gasteiger partial charge in [0, 0.05) is 0 Å². The smallest absolute Gasteiger partial charge is 0.245 e. The minimum absolute atomic E-state index is 0.0130. The number of halogens is 3. The third-order valence-corrected chi connectivity index (χ3v) is 3.45. The fourth-order valence-electron chi connectivity index (χ4n) is 2.23. The molecule has 0 atom stereocenters. The van der Waals surface area contributed by atoms with E-state index in [1.165, 1.54) is 30.3 Å². The summed E-state index contributed by atoms with van der Waals surface area (Å²) in [7, 11) is 0. The second kappa shape index (κ2) is 6.31. The highest BCUT2D eigenvalue weighted by Crippen LogP contribution is 2.29. The van der Waals surface area contributed by atoms with Gasteiger partial charge in [0.05, 0.1) is 11.4 Å². The Kier molecular flexibility index (Phi) is 3.84. The van der Waals surface area contributed by atoms with Crippen molar-refractivity contribution in [2.45, 2.75) is 0 Å². The molecule has 0 bridgehead atoms. The van der Waals surface area contributed by atoms with Crippen LogP contribution >= 0.6 is 0 Å². The van der Waals surface area contributed by atoms with Crippen molar-refractivity contribution in [2.75, 3.05) is 10.6 Å². The Balaban J connectivity index is 1.79. The van der Waals surface area contributed by atoms with Gasteiger partial charge in [-0.1, -0.05) is 18.2 Å². The zero-order valence-corrected chi connectivity index (χ0v) is 12.9. The molecule has 0 fully saturated rings. The largest absolute Gasteiger partial charge is 0.335 e. The van der Waals surface area contributed by atoms with Crippen LogP contribution in [-0.4, -0.2) is 20.3 Å². The Morgan fingerprint density at radius 3 is 1.96 bits per heavy atom. The fraction of sp³-hybridized carbons (Fsp3) is 0. The van der Waals surface area contributed by atoms with Crippen molar-refractivity contribution in [3.05, 3.63) is 59.9 Å². The number of hydrogen-bond donors (Lipinski definition) is 2. The SMILES string of the molecule is Fc1ccccc1Nc1nc2nonc2nc1Nc1cccc(F)c1F. The highest BCUT2D eigenvalue weighted by molar-refractivity contribution is 5.79. The van der Waals surface area contributed by atoms with Crippen LogP contribution in [0.15, 0.2) is 47.1 Å². The molecule has 4 aromatic rings. The van der Waals surface area contributed by atoms with Gasteiger partial charge in [0.2, 0.25) is 11.3 Å². The molecule has 0 saturated heterocycles. The number of anilines is 4. The van der Waals surface area contributed by atoms with E-state index in [1.807, 2.05) is 0 Å². The first-order chi connectivity index (χ1) is 12.6. The predicted molar refractivity (Wildman–Crippen MR) is 86.7 cm³/mol. The van der Waals surface area contributed by atoms with Crippen LogP contribution in [0.4, 0.5) is 36.2 Å². The number of fused-ring (bicyclic) bond motifs is 1. The summed E-state index contributed by atoms with van der Waals surface area (Å²) in [5.74, 6) is -2.64. The Labute approximate surface area is 143 Å². The van der Waals surface area contributed by atoms with Gasteiger partial charge in [0.25, 0.3) is 0 Å². The van der Waals surface area contributed by atoms with Gasteiger partial charge in [0.15, 0.2) is 23.3 Å². The van der Waals surface area contributed by atoms with Crippen molar-refractivity contribution in [3.8, 4) is 0 Å². The van der Waals surface area contributed by atoms with E-state index in [1.54, 1.807) is 6.07 Å². The van der Waals surface area contributed by atoms with E-state index in [4.69, 9.17) is 0 Å². The summed E-state index contributed by atoms with van der Waals surface area (Å²) in [6, 6.07) is 9.51. The summed E-state index contributed by atoms with van der Waals surface area (Å²) in [5.41, 5.74) is 0.0459. The van der Waals surface area contributed by atoms with Crippen molar-refractivity contribution < 1.29 is 17.8 Å². The molecule has 0 aliphatic carbocycles. The summed E-state index contributed by atoms with van der Waals surface area (Å²) < 4.78 is 45.9. The van der Waals surface area contributed by atoms with E-state index in [0.717, 1.165) is 6.07 Å². The number of nitrogens with zero attached hydrogens (tertiary/aromatic N) is 4. The number of benzene rings is 2. The van der Waals surface area contributed by atoms with E-state index in [2.05, 4.69) is 35.5 Å². The van der Waals surface area contributed by atoms with E-state index >= 15 is 0 Å². The molecule has 2 aromatic heterocycles. The third kappa shape index (κ3) is 2.88. The van der Waals surface area contributed by atoms with Crippen LogP contribution in [0.1, 0.15) is 0 Å². The van der Waals surface area contributed by atoms with Crippen molar-refractivity contribution in [2.24, 2.45) is 0 Å². The number of hydrogen-bond acceptors (Lipinski definition) is 7. The molecule has 0 amide bonds. The molecule has 130 valence electrons. The number of para-hydroxylation sites is 1. The van der Waals surface area contributed by atoms with E-state index in [0.29, 0.717) is 0 Å². The first-order valence-corrected chi connectivity index (χ1v) is 7.35. The lowest BCUT2D eigenvalue weighted by atomic mass is 10.3. The fourth-order valence-corrected chi connectivity index (χ4v) is 2.23. The molecule has 0 saturated carbocycles. The molecule has 2 N–H and O–H groups in total. The maximum absolute atomic E-state index is 14.0. The van der Waals surface area contributed by atoms with Crippen LogP contribution in [0.25, 0.3) is 11.3 Å². The molecule has 2 aromatic carbocycles. The van der Waals surface area contributed by atoms with Crippen LogP contribution < -0.4 is 10.6 Å². The molecule has 4 rings (SSSR count). The second-order valence-electron chi connectivity index (χ2n) is 5.16. The van der Waals surface area contributed by atoms with Crippen molar-refractivity contribution in [3.63, 3.8) is 0 Å². The number of rotatable bonds is 4. The van der Waals surface area contributed by atoms with Gasteiger partial charge >= 0.3 is 0 Å². The first kappa shape index (κ1) is 15.8. The van der Waals surface area contributed by atoms with Gasteiger partial charge in [-0.05, 0) is 34.6 Å². The lowest BCUT2D eigenvalue weighted by molar-refractivity contribution is 0.314. The molecular formula is C16H9F3N6O. The Hall–Kier alpha value is -3.69. The minimum Gasteiger partial charge on any atom is -0.335 e. The molecule has 2 heterocycles. The number of nitrogens with one attached hydrogen (secondary N) is 2. The van der Waals surface area contributed by atoms with E-state index in [9.17, 15) is 13.2 Å². The standard InChI is InChI=1S/C16H9F3N6O/c17-8-4-1-2-6-10(8)20-13-14(23-16-15(22-13)24-26-25-16)21-11-7-3-5-9(18)12(11)19/h1-7H,(H,20,22,24)(H,21,23,25). The number of aromatic nitrogens is 4. The van der Waals surface area contributed by atoms with Crippen LogP contribution in [-0.2, 0) is 0 Å². The van der Waals surface area contributed by atoms with Crippen LogP contribution in [0.3, 0.4) is 0 Å². The van der Waals surface area contributed by atoms with Gasteiger partial charge in [-0.25, -0.2) is 27.8 Å². The summed E-state index contributed by atoms with van der Waals surface area (Å²) >= 11 is 0. The highest BCUT2D eigenvalue weighted by atomic mass is 19.2. The van der Waals surface area contributed by atoms with Gasteiger partial charge in [-0.15, -0.1) is 0 Å². The minimum atomic E-state index is -1.09. The van der Waals surface area contributed by atoms with Crippen LogP contribution in [0.5, 0.6) is 0 Å². The summed E-state index contributed by atoms with van der Waals surface area (Å²) in [6.45, 7) is 0. The zero-order valence-electron chi connectivity index (χ0n) is 12.9. The molecular weight excluding hydrogens is 349 g/mol. The maximum Gasteiger partial charge on any atom is 0.245 e. The normalized spacial score (nSPS) is 10.9. The Bertz CT molecular complexity index is 1100. The van der Waals surface area contributed by atoms with Crippen molar-refractivity contribution in [1.29, 1.82) is 0 Å². The monoisotopic (exact) mass is 358 g/mol. The summed E-state index contributed by atoms with van der Waals surface area (Å²) in [6.07, 6.45) is 0. The second-order valence-corrected chi connectivity index (χ2v) is 5.16. The lowest BCUT2D eigenvalue weighted by Gasteiger charge is -2.12. The predicted octanol–water partition coefficient (Wildman–Crippen LogP) is 3.92. The Morgan fingerprint density at radius 2 is 1.27 bits per heavy atom. The molecule has 0 aliphatic rings. The molecule has 7 nitrogen and oxygen atoms in total. The molecule has 0 spiro atoms. The first-order valence-electron chi connectivity index (χ1n) is 7.35. The molecule has 0 radical (unpaired) electrons. The highest BCUT2D eigenvalue weighted by Gasteiger charge is 2.16. The van der Waals surface area contributed by atoms with Crippen LogP contribution in [0.2, 0.25) is 0 Å². The van der Waals surface area contributed by atoms with E-state index < -0.39 is 17.5 Å². The topological polar surface area (TPSA) is 88.8 Å². The zero-order chi connectivity index (χ0) is 18.1. The summed E-state index contributed by atoms with van der Waals surface area (Å²) in [5, 5.41) is 12.5. The lowest BCUT2D eigenvalue weighted by Crippen LogP contribution is -2.05. The van der Waals surface area contributed by atoms with Crippen molar-refractivity contribution >= 4 is 34.3 Å². The molecule has 26 heavy (non-hydrogen) atoms.